The van der Waals surface area contributed by atoms with Crippen LogP contribution in [-0.2, 0) is 0 Å². The summed E-state index contributed by atoms with van der Waals surface area (Å²) in [4.78, 5) is 11.1. The van der Waals surface area contributed by atoms with Crippen LogP contribution in [0.1, 0.15) is 15.9 Å². The Hall–Kier alpha value is -2.30. The van der Waals surface area contributed by atoms with Gasteiger partial charge in [-0.25, -0.2) is 9.48 Å². The van der Waals surface area contributed by atoms with Crippen LogP contribution in [0, 0.1) is 6.92 Å². The molecule has 0 aliphatic heterocycles. The fraction of sp³-hybridized carbons (Fsp3) is 0.0909. The van der Waals surface area contributed by atoms with Crippen LogP contribution in [0.3, 0.4) is 0 Å². The zero-order valence-electron chi connectivity index (χ0n) is 8.71. The number of nitrogens with two attached hydrogens (primary N) is 1. The van der Waals surface area contributed by atoms with Gasteiger partial charge in [-0.15, -0.1) is 0 Å². The van der Waals surface area contributed by atoms with Gasteiger partial charge in [0, 0.05) is 6.20 Å². The van der Waals surface area contributed by atoms with Gasteiger partial charge in [-0.1, -0.05) is 6.07 Å². The van der Waals surface area contributed by atoms with Crippen LogP contribution in [0.15, 0.2) is 30.6 Å². The molecule has 16 heavy (non-hydrogen) atoms. The molecule has 82 valence electrons. The maximum absolute atomic E-state index is 11.1. The highest BCUT2D eigenvalue weighted by Gasteiger charge is 2.14. The molecule has 0 unspecified atom stereocenters. The monoisotopic (exact) mass is 217 g/mol. The predicted octanol–water partition coefficient (Wildman–Crippen LogP) is 1.46. The van der Waals surface area contributed by atoms with E-state index in [4.69, 9.17) is 10.8 Å². The summed E-state index contributed by atoms with van der Waals surface area (Å²) < 4.78 is 1.48. The minimum atomic E-state index is -1.02. The highest BCUT2D eigenvalue weighted by Crippen LogP contribution is 2.21. The van der Waals surface area contributed by atoms with E-state index in [0.29, 0.717) is 11.4 Å². The van der Waals surface area contributed by atoms with Gasteiger partial charge in [0.15, 0.2) is 0 Å². The summed E-state index contributed by atoms with van der Waals surface area (Å²) in [6, 6.07) is 4.77. The van der Waals surface area contributed by atoms with E-state index in [2.05, 4.69) is 5.10 Å². The van der Waals surface area contributed by atoms with Gasteiger partial charge < -0.3 is 10.8 Å². The molecule has 3 N–H and O–H groups in total. The molecule has 2 aromatic rings. The number of aryl methyl sites for hydroxylation is 1. The molecule has 1 aromatic heterocycles. The average molecular weight is 217 g/mol. The van der Waals surface area contributed by atoms with Crippen LogP contribution < -0.4 is 5.73 Å². The number of benzene rings is 1. The molecular weight excluding hydrogens is 206 g/mol. The maximum atomic E-state index is 11.1. The van der Waals surface area contributed by atoms with Gasteiger partial charge in [-0.3, -0.25) is 0 Å². The topological polar surface area (TPSA) is 81.1 Å². The number of nitrogen functional groups attached to an aromatic ring is 1. The van der Waals surface area contributed by atoms with E-state index in [1.807, 2.05) is 6.92 Å². The molecule has 0 aliphatic rings. The van der Waals surface area contributed by atoms with Crippen LogP contribution in [0.2, 0.25) is 0 Å². The normalized spacial score (nSPS) is 10.3. The molecule has 0 amide bonds. The second-order valence-electron chi connectivity index (χ2n) is 3.51. The molecule has 0 atom stereocenters. The quantitative estimate of drug-likeness (QED) is 0.746. The Balaban J connectivity index is 2.67. The van der Waals surface area contributed by atoms with Crippen LogP contribution in [-0.4, -0.2) is 20.9 Å². The first-order valence-corrected chi connectivity index (χ1v) is 4.73. The van der Waals surface area contributed by atoms with Crippen molar-refractivity contribution in [1.82, 2.24) is 9.78 Å². The van der Waals surface area contributed by atoms with Crippen molar-refractivity contribution < 1.29 is 9.90 Å². The van der Waals surface area contributed by atoms with E-state index in [1.165, 1.54) is 10.7 Å². The van der Waals surface area contributed by atoms with E-state index in [9.17, 15) is 4.79 Å². The van der Waals surface area contributed by atoms with E-state index in [1.54, 1.807) is 24.5 Å². The second-order valence-corrected chi connectivity index (χ2v) is 3.51. The van der Waals surface area contributed by atoms with E-state index < -0.39 is 5.97 Å². The number of carboxylic acid groups (broad SMARTS) is 1. The first-order valence-electron chi connectivity index (χ1n) is 4.73. The molecule has 0 radical (unpaired) electrons. The highest BCUT2D eigenvalue weighted by molar-refractivity contribution is 5.94. The summed E-state index contributed by atoms with van der Waals surface area (Å²) in [6.45, 7) is 1.88. The maximum Gasteiger partial charge on any atom is 0.337 e. The number of para-hydroxylation sites is 1. The molecule has 0 aliphatic carbocycles. The molecule has 1 heterocycles. The fourth-order valence-electron chi connectivity index (χ4n) is 1.52. The molecule has 5 nitrogen and oxygen atoms in total. The van der Waals surface area contributed by atoms with Gasteiger partial charge in [0.2, 0.25) is 0 Å². The van der Waals surface area contributed by atoms with Crippen molar-refractivity contribution in [1.29, 1.82) is 0 Å². The average Bonchev–Trinajstić information content (AvgIpc) is 2.64. The zero-order chi connectivity index (χ0) is 11.7. The lowest BCUT2D eigenvalue weighted by molar-refractivity contribution is 0.0697. The Morgan fingerprint density at radius 3 is 2.81 bits per heavy atom. The summed E-state index contributed by atoms with van der Waals surface area (Å²) in [5.41, 5.74) is 7.66. The van der Waals surface area contributed by atoms with E-state index in [-0.39, 0.29) is 5.56 Å². The van der Waals surface area contributed by atoms with E-state index >= 15 is 0 Å². The molecule has 0 fully saturated rings. The summed E-state index contributed by atoms with van der Waals surface area (Å²) in [5, 5.41) is 13.1. The van der Waals surface area contributed by atoms with Gasteiger partial charge in [0.1, 0.15) is 5.69 Å². The Morgan fingerprint density at radius 2 is 2.25 bits per heavy atom. The van der Waals surface area contributed by atoms with Gasteiger partial charge in [0.05, 0.1) is 17.4 Å². The molecule has 1 aromatic carbocycles. The Labute approximate surface area is 92.1 Å². The molecule has 2 rings (SSSR count). The summed E-state index contributed by atoms with van der Waals surface area (Å²) in [6.07, 6.45) is 3.39. The smallest absolute Gasteiger partial charge is 0.337 e. The molecule has 0 spiro atoms. The van der Waals surface area contributed by atoms with Gasteiger partial charge >= 0.3 is 5.97 Å². The minimum absolute atomic E-state index is 0.142. The number of anilines is 1. The SMILES string of the molecule is Cc1cnn(-c2c(N)cccc2C(=O)O)c1. The largest absolute Gasteiger partial charge is 0.478 e. The predicted molar refractivity (Wildman–Crippen MR) is 59.7 cm³/mol. The summed E-state index contributed by atoms with van der Waals surface area (Å²) in [5.74, 6) is -1.02. The third-order valence-corrected chi connectivity index (χ3v) is 2.24. The number of carbonyl (C=O) groups is 1. The Bertz CT molecular complexity index is 546. The Kier molecular flexibility index (Phi) is 2.36. The van der Waals surface area contributed by atoms with Crippen LogP contribution in [0.4, 0.5) is 5.69 Å². The Morgan fingerprint density at radius 1 is 1.50 bits per heavy atom. The molecular formula is C11H11N3O2. The third kappa shape index (κ3) is 1.63. The molecule has 5 heteroatoms. The minimum Gasteiger partial charge on any atom is -0.478 e. The highest BCUT2D eigenvalue weighted by atomic mass is 16.4. The standard InChI is InChI=1S/C11H11N3O2/c1-7-5-13-14(6-7)10-8(11(15)16)3-2-4-9(10)12/h2-6H,12H2,1H3,(H,15,16). The number of carboxylic acids is 1. The van der Waals surface area contributed by atoms with Crippen LogP contribution >= 0.6 is 0 Å². The first-order chi connectivity index (χ1) is 7.59. The van der Waals surface area contributed by atoms with Crippen LogP contribution in [0.25, 0.3) is 5.69 Å². The van der Waals surface area contributed by atoms with E-state index in [0.717, 1.165) is 5.56 Å². The van der Waals surface area contributed by atoms with Gasteiger partial charge in [-0.05, 0) is 24.6 Å². The van der Waals surface area contributed by atoms with Crippen molar-refractivity contribution in [3.05, 3.63) is 41.7 Å². The van der Waals surface area contributed by atoms with Gasteiger partial charge in [0.25, 0.3) is 0 Å². The second kappa shape index (κ2) is 3.69. The fourth-order valence-corrected chi connectivity index (χ4v) is 1.52. The molecule has 0 saturated carbocycles. The third-order valence-electron chi connectivity index (χ3n) is 2.24. The van der Waals surface area contributed by atoms with Crippen molar-refractivity contribution in [3.8, 4) is 5.69 Å². The summed E-state index contributed by atoms with van der Waals surface area (Å²) >= 11 is 0. The number of aromatic nitrogens is 2. The lowest BCUT2D eigenvalue weighted by Crippen LogP contribution is -2.08. The molecule has 0 saturated heterocycles. The summed E-state index contributed by atoms with van der Waals surface area (Å²) in [7, 11) is 0. The lowest BCUT2D eigenvalue weighted by atomic mass is 10.1. The van der Waals surface area contributed by atoms with Crippen molar-refractivity contribution >= 4 is 11.7 Å². The number of nitrogens with zero attached hydrogens (tertiary/aromatic N) is 2. The number of rotatable bonds is 2. The van der Waals surface area contributed by atoms with Gasteiger partial charge in [-0.2, -0.15) is 5.10 Å². The zero-order valence-corrected chi connectivity index (χ0v) is 8.71. The molecule has 0 bridgehead atoms. The first kappa shape index (κ1) is 10.2. The number of aromatic carboxylic acids is 1. The number of hydrogen-bond acceptors (Lipinski definition) is 3. The van der Waals surface area contributed by atoms with Crippen molar-refractivity contribution in [3.63, 3.8) is 0 Å². The van der Waals surface area contributed by atoms with Crippen LogP contribution in [0.5, 0.6) is 0 Å². The lowest BCUT2D eigenvalue weighted by Gasteiger charge is -2.08. The van der Waals surface area contributed by atoms with Crippen molar-refractivity contribution in [2.24, 2.45) is 0 Å². The number of hydrogen-bond donors (Lipinski definition) is 2. The van der Waals surface area contributed by atoms with Crippen molar-refractivity contribution in [2.75, 3.05) is 5.73 Å². The van der Waals surface area contributed by atoms with Crippen molar-refractivity contribution in [2.45, 2.75) is 6.92 Å².